The van der Waals surface area contributed by atoms with Crippen LogP contribution in [0.2, 0.25) is 0 Å². The van der Waals surface area contributed by atoms with Crippen LogP contribution >= 0.6 is 11.8 Å². The van der Waals surface area contributed by atoms with E-state index in [1.165, 1.54) is 0 Å². The maximum atomic E-state index is 2.94. The Morgan fingerprint density at radius 3 is 2.00 bits per heavy atom. The monoisotopic (exact) mass is 84.0 g/mol. The van der Waals surface area contributed by atoms with Crippen LogP contribution in [0, 0.1) is 11.8 Å². The molecule has 0 aromatic rings. The Morgan fingerprint density at radius 2 is 1.80 bits per heavy atom. The Balaban J connectivity index is 2.42. The molecule has 1 aliphatic rings. The second-order valence-electron chi connectivity index (χ2n) is 0.846. The van der Waals surface area contributed by atoms with Crippen molar-refractivity contribution < 1.29 is 0 Å². The molecule has 0 radical (unpaired) electrons. The van der Waals surface area contributed by atoms with Gasteiger partial charge < -0.3 is 0 Å². The highest BCUT2D eigenvalue weighted by Crippen LogP contribution is 1.99. The first kappa shape index (κ1) is 3.11. The molecule has 5 heavy (non-hydrogen) atoms. The molecule has 0 aromatic heterocycles. The molecular formula is C4H4S. The van der Waals surface area contributed by atoms with Crippen LogP contribution in [0.1, 0.15) is 0 Å². The first-order chi connectivity index (χ1) is 2.50. The second-order valence-corrected chi connectivity index (χ2v) is 1.83. The van der Waals surface area contributed by atoms with E-state index in [1.807, 2.05) is 11.8 Å². The molecule has 0 unspecified atom stereocenters. The lowest BCUT2D eigenvalue weighted by Gasteiger charge is -1.69. The molecule has 0 nitrogen and oxygen atoms in total. The first-order valence-corrected chi connectivity index (χ1v) is 2.69. The molecule has 0 amide bonds. The Kier molecular flexibility index (Phi) is 0.855. The Labute approximate surface area is 36.0 Å². The van der Waals surface area contributed by atoms with E-state index in [1.54, 1.807) is 0 Å². The SMILES string of the molecule is C1#CCSC1. The molecule has 0 spiro atoms. The van der Waals surface area contributed by atoms with Gasteiger partial charge in [0.25, 0.3) is 0 Å². The molecule has 0 saturated carbocycles. The normalized spacial score (nSPS) is 17.6. The summed E-state index contributed by atoms with van der Waals surface area (Å²) >= 11 is 1.85. The minimum absolute atomic E-state index is 1.06. The largest absolute Gasteiger partial charge is 0.136 e. The van der Waals surface area contributed by atoms with E-state index in [2.05, 4.69) is 11.8 Å². The van der Waals surface area contributed by atoms with Crippen LogP contribution in [0.3, 0.4) is 0 Å². The molecule has 1 heteroatoms. The summed E-state index contributed by atoms with van der Waals surface area (Å²) in [5.74, 6) is 7.98. The predicted molar refractivity (Wildman–Crippen MR) is 25.1 cm³/mol. The maximum absolute atomic E-state index is 2.94. The summed E-state index contributed by atoms with van der Waals surface area (Å²) in [6, 6.07) is 0. The number of rotatable bonds is 0. The highest BCUT2D eigenvalue weighted by Gasteiger charge is 1.83. The summed E-state index contributed by atoms with van der Waals surface area (Å²) in [5.41, 5.74) is 0. The van der Waals surface area contributed by atoms with Crippen molar-refractivity contribution in [1.29, 1.82) is 0 Å². The van der Waals surface area contributed by atoms with Crippen LogP contribution in [0.15, 0.2) is 0 Å². The summed E-state index contributed by atoms with van der Waals surface area (Å²) in [4.78, 5) is 0. The van der Waals surface area contributed by atoms with E-state index >= 15 is 0 Å². The third kappa shape index (κ3) is 0.592. The molecule has 0 saturated heterocycles. The van der Waals surface area contributed by atoms with Crippen molar-refractivity contribution in [3.63, 3.8) is 0 Å². The number of hydrogen-bond donors (Lipinski definition) is 0. The molecule has 0 bridgehead atoms. The summed E-state index contributed by atoms with van der Waals surface area (Å²) in [5, 5.41) is 0. The van der Waals surface area contributed by atoms with Gasteiger partial charge in [-0.1, -0.05) is 11.8 Å². The van der Waals surface area contributed by atoms with Crippen molar-refractivity contribution in [2.75, 3.05) is 11.5 Å². The topological polar surface area (TPSA) is 0 Å². The summed E-state index contributed by atoms with van der Waals surface area (Å²) in [6.07, 6.45) is 0. The van der Waals surface area contributed by atoms with Gasteiger partial charge in [0.1, 0.15) is 0 Å². The van der Waals surface area contributed by atoms with E-state index < -0.39 is 0 Å². The van der Waals surface area contributed by atoms with Crippen molar-refractivity contribution >= 4 is 11.8 Å². The van der Waals surface area contributed by atoms with Crippen LogP contribution in [0.25, 0.3) is 0 Å². The van der Waals surface area contributed by atoms with Gasteiger partial charge in [-0.3, -0.25) is 0 Å². The number of hydrogen-bond acceptors (Lipinski definition) is 1. The van der Waals surface area contributed by atoms with Gasteiger partial charge in [0, 0.05) is 0 Å². The summed E-state index contributed by atoms with van der Waals surface area (Å²) in [6.45, 7) is 0. The quantitative estimate of drug-likeness (QED) is 0.390. The summed E-state index contributed by atoms with van der Waals surface area (Å²) < 4.78 is 0. The van der Waals surface area contributed by atoms with Crippen LogP contribution in [0.5, 0.6) is 0 Å². The van der Waals surface area contributed by atoms with Gasteiger partial charge in [-0.2, -0.15) is 0 Å². The highest BCUT2D eigenvalue weighted by atomic mass is 32.2. The third-order valence-corrected chi connectivity index (χ3v) is 1.17. The lowest BCUT2D eigenvalue weighted by Crippen LogP contribution is -1.57. The minimum atomic E-state index is 1.06. The average Bonchev–Trinajstić information content (AvgIpc) is 1.76. The van der Waals surface area contributed by atoms with Gasteiger partial charge in [-0.05, 0) is 0 Å². The van der Waals surface area contributed by atoms with Crippen molar-refractivity contribution in [3.05, 3.63) is 0 Å². The Hall–Kier alpha value is -0.0900. The zero-order valence-electron chi connectivity index (χ0n) is 2.82. The molecule has 1 heterocycles. The van der Waals surface area contributed by atoms with Crippen molar-refractivity contribution in [2.24, 2.45) is 0 Å². The van der Waals surface area contributed by atoms with E-state index in [4.69, 9.17) is 0 Å². The van der Waals surface area contributed by atoms with Crippen LogP contribution < -0.4 is 0 Å². The van der Waals surface area contributed by atoms with Crippen molar-refractivity contribution in [1.82, 2.24) is 0 Å². The van der Waals surface area contributed by atoms with Gasteiger partial charge >= 0.3 is 0 Å². The van der Waals surface area contributed by atoms with E-state index in [0.717, 1.165) is 11.5 Å². The van der Waals surface area contributed by atoms with Crippen molar-refractivity contribution in [3.8, 4) is 11.8 Å². The zero-order chi connectivity index (χ0) is 3.54. The van der Waals surface area contributed by atoms with E-state index in [0.29, 0.717) is 0 Å². The average molecular weight is 84.1 g/mol. The number of thioether (sulfide) groups is 1. The predicted octanol–water partition coefficient (Wildman–Crippen LogP) is 0.737. The van der Waals surface area contributed by atoms with Gasteiger partial charge in [0.15, 0.2) is 0 Å². The highest BCUT2D eigenvalue weighted by molar-refractivity contribution is 7.99. The first-order valence-electron chi connectivity index (χ1n) is 1.53. The molecule has 0 aromatic carbocycles. The fourth-order valence-corrected chi connectivity index (χ4v) is 0.765. The molecule has 1 aliphatic heterocycles. The molecule has 0 atom stereocenters. The Bertz CT molecular complexity index is 67.4. The van der Waals surface area contributed by atoms with E-state index in [-0.39, 0.29) is 0 Å². The van der Waals surface area contributed by atoms with Gasteiger partial charge in [0.05, 0.1) is 11.5 Å². The zero-order valence-corrected chi connectivity index (χ0v) is 3.64. The van der Waals surface area contributed by atoms with Crippen LogP contribution in [-0.4, -0.2) is 11.5 Å². The minimum Gasteiger partial charge on any atom is -0.136 e. The molecule has 26 valence electrons. The van der Waals surface area contributed by atoms with Crippen molar-refractivity contribution in [2.45, 2.75) is 0 Å². The van der Waals surface area contributed by atoms with Crippen LogP contribution in [0.4, 0.5) is 0 Å². The smallest absolute Gasteiger partial charge is 0.0557 e. The van der Waals surface area contributed by atoms with Crippen LogP contribution in [-0.2, 0) is 0 Å². The van der Waals surface area contributed by atoms with E-state index in [9.17, 15) is 0 Å². The standard InChI is InChI=1S/C4H4S/c1-2-4-5-3-1/h3-4H2. The fourth-order valence-electron chi connectivity index (χ4n) is 0.255. The lowest BCUT2D eigenvalue weighted by atomic mass is 10.7. The molecule has 0 N–H and O–H groups in total. The third-order valence-electron chi connectivity index (χ3n) is 0.473. The fraction of sp³-hybridized carbons (Fsp3) is 0.500. The molecular weight excluding hydrogens is 80.1 g/mol. The van der Waals surface area contributed by atoms with Gasteiger partial charge in [-0.25, -0.2) is 0 Å². The van der Waals surface area contributed by atoms with Gasteiger partial charge in [-0.15, -0.1) is 11.8 Å². The molecule has 0 aliphatic carbocycles. The maximum Gasteiger partial charge on any atom is 0.0557 e. The Morgan fingerprint density at radius 1 is 1.20 bits per heavy atom. The summed E-state index contributed by atoms with van der Waals surface area (Å²) in [7, 11) is 0. The molecule has 1 rings (SSSR count). The second kappa shape index (κ2) is 1.37. The lowest BCUT2D eigenvalue weighted by molar-refractivity contribution is 1.99. The van der Waals surface area contributed by atoms with Gasteiger partial charge in [0.2, 0.25) is 0 Å². The molecule has 0 fully saturated rings.